The normalized spacial score (nSPS) is 17.5. The summed E-state index contributed by atoms with van der Waals surface area (Å²) in [6, 6.07) is 12.6. The van der Waals surface area contributed by atoms with Crippen molar-refractivity contribution in [3.63, 3.8) is 0 Å². The van der Waals surface area contributed by atoms with Crippen molar-refractivity contribution in [3.8, 4) is 0 Å². The first-order valence-corrected chi connectivity index (χ1v) is 10.0. The van der Waals surface area contributed by atoms with E-state index in [1.165, 1.54) is 24.3 Å². The lowest BCUT2D eigenvalue weighted by Gasteiger charge is -2.40. The molecule has 0 amide bonds. The van der Waals surface area contributed by atoms with Gasteiger partial charge in [-0.1, -0.05) is 29.8 Å². The van der Waals surface area contributed by atoms with E-state index in [1.807, 2.05) is 17.0 Å². The molecule has 0 unspecified atom stereocenters. The monoisotopic (exact) mass is 401 g/mol. The van der Waals surface area contributed by atoms with E-state index < -0.39 is 26.1 Å². The second-order valence-electron chi connectivity index (χ2n) is 6.30. The molecule has 0 bridgehead atoms. The number of benzene rings is 2. The highest BCUT2D eigenvalue weighted by Crippen LogP contribution is 2.38. The molecule has 2 aromatic carbocycles. The summed E-state index contributed by atoms with van der Waals surface area (Å²) in [7, 11) is -4.59. The van der Waals surface area contributed by atoms with Crippen LogP contribution in [-0.2, 0) is 15.4 Å². The topological polar surface area (TPSA) is 57.6 Å². The van der Waals surface area contributed by atoms with Crippen molar-refractivity contribution < 1.29 is 22.3 Å². The molecule has 1 heterocycles. The van der Waals surface area contributed by atoms with Crippen LogP contribution in [0.3, 0.4) is 0 Å². The minimum atomic E-state index is -4.59. The molecule has 1 saturated heterocycles. The van der Waals surface area contributed by atoms with E-state index in [9.17, 15) is 22.3 Å². The molecule has 8 heteroatoms. The van der Waals surface area contributed by atoms with E-state index in [4.69, 9.17) is 11.6 Å². The highest BCUT2D eigenvalue weighted by atomic mass is 35.5. The minimum Gasteiger partial charge on any atom is -0.385 e. The number of nitrogens with zero attached hydrogens (tertiary/aromatic N) is 1. The summed E-state index contributed by atoms with van der Waals surface area (Å²) in [5.74, 6) is -3.44. The van der Waals surface area contributed by atoms with Gasteiger partial charge in [0.1, 0.15) is 0 Å². The molecule has 1 aliphatic heterocycles. The molecule has 140 valence electrons. The first-order valence-electron chi connectivity index (χ1n) is 8.08. The Morgan fingerprint density at radius 1 is 1.04 bits per heavy atom. The predicted molar refractivity (Wildman–Crippen MR) is 96.4 cm³/mol. The second kappa shape index (κ2) is 7.13. The second-order valence-corrected chi connectivity index (χ2v) is 8.62. The molecular weight excluding hydrogens is 384 g/mol. The summed E-state index contributed by atoms with van der Waals surface area (Å²) < 4.78 is 48.2. The van der Waals surface area contributed by atoms with Crippen molar-refractivity contribution in [2.24, 2.45) is 0 Å². The number of alkyl halides is 2. The molecule has 1 fully saturated rings. The van der Waals surface area contributed by atoms with Crippen LogP contribution in [0.5, 0.6) is 0 Å². The third kappa shape index (κ3) is 3.56. The van der Waals surface area contributed by atoms with Crippen molar-refractivity contribution in [2.75, 3.05) is 18.0 Å². The zero-order chi connectivity index (χ0) is 18.9. The van der Waals surface area contributed by atoms with Gasteiger partial charge < -0.3 is 10.0 Å². The first-order chi connectivity index (χ1) is 12.2. The van der Waals surface area contributed by atoms with E-state index in [0.29, 0.717) is 36.5 Å². The maximum Gasteiger partial charge on any atom is 0.341 e. The average Bonchev–Trinajstić information content (AvgIpc) is 2.62. The first kappa shape index (κ1) is 19.1. The van der Waals surface area contributed by atoms with Crippen molar-refractivity contribution in [1.82, 2.24) is 0 Å². The van der Waals surface area contributed by atoms with Crippen LogP contribution in [0.4, 0.5) is 14.5 Å². The molecule has 0 atom stereocenters. The molecule has 0 saturated carbocycles. The van der Waals surface area contributed by atoms with Gasteiger partial charge in [0.25, 0.3) is 0 Å². The molecule has 0 aromatic heterocycles. The quantitative estimate of drug-likeness (QED) is 0.846. The van der Waals surface area contributed by atoms with Crippen LogP contribution in [0.2, 0.25) is 5.02 Å². The van der Waals surface area contributed by atoms with Gasteiger partial charge in [0.2, 0.25) is 9.84 Å². The zero-order valence-corrected chi connectivity index (χ0v) is 15.4. The van der Waals surface area contributed by atoms with Crippen molar-refractivity contribution in [1.29, 1.82) is 0 Å². The molecule has 1 aliphatic rings. The summed E-state index contributed by atoms with van der Waals surface area (Å²) in [4.78, 5) is 1.57. The van der Waals surface area contributed by atoms with Gasteiger partial charge >= 0.3 is 5.76 Å². The Morgan fingerprint density at radius 3 is 2.15 bits per heavy atom. The molecule has 4 nitrogen and oxygen atoms in total. The fourth-order valence-corrected chi connectivity index (χ4v) is 4.23. The third-order valence-corrected chi connectivity index (χ3v) is 6.46. The van der Waals surface area contributed by atoms with E-state index in [2.05, 4.69) is 0 Å². The van der Waals surface area contributed by atoms with E-state index in [-0.39, 0.29) is 0 Å². The number of anilines is 1. The Hall–Kier alpha value is -1.70. The van der Waals surface area contributed by atoms with Crippen LogP contribution >= 0.6 is 11.6 Å². The van der Waals surface area contributed by atoms with E-state index >= 15 is 0 Å². The van der Waals surface area contributed by atoms with Gasteiger partial charge in [0.15, 0.2) is 0 Å². The molecule has 0 radical (unpaired) electrons. The lowest BCUT2D eigenvalue weighted by Crippen LogP contribution is -2.42. The summed E-state index contributed by atoms with van der Waals surface area (Å²) in [5.41, 5.74) is 0.396. The van der Waals surface area contributed by atoms with Gasteiger partial charge in [0, 0.05) is 29.4 Å². The standard InChI is InChI=1S/C18H18ClF2NO3S/c19-16-4-2-1-3-15(16)18(23)9-11-22(12-10-18)13-5-7-14(8-6-13)26(24,25)17(20)21/h1-8,17,23H,9-12H2. The lowest BCUT2D eigenvalue weighted by atomic mass is 9.84. The van der Waals surface area contributed by atoms with Crippen molar-refractivity contribution in [2.45, 2.75) is 29.1 Å². The highest BCUT2D eigenvalue weighted by Gasteiger charge is 2.35. The maximum absolute atomic E-state index is 12.6. The number of sulfone groups is 1. The largest absolute Gasteiger partial charge is 0.385 e. The molecule has 2 aromatic rings. The number of piperidine rings is 1. The van der Waals surface area contributed by atoms with Gasteiger partial charge in [-0.05, 0) is 43.2 Å². The summed E-state index contributed by atoms with van der Waals surface area (Å²) in [5, 5.41) is 11.4. The SMILES string of the molecule is O=S(=O)(c1ccc(N2CCC(O)(c3ccccc3Cl)CC2)cc1)C(F)F. The number of aliphatic hydroxyl groups is 1. The Bertz CT molecular complexity index is 880. The summed E-state index contributed by atoms with van der Waals surface area (Å²) >= 11 is 6.19. The number of hydrogen-bond acceptors (Lipinski definition) is 4. The number of hydrogen-bond donors (Lipinski definition) is 1. The minimum absolute atomic E-state index is 0.402. The molecule has 0 spiro atoms. The maximum atomic E-state index is 12.6. The van der Waals surface area contributed by atoms with E-state index in [0.717, 1.165) is 5.69 Å². The Balaban J connectivity index is 1.74. The van der Waals surface area contributed by atoms with Crippen molar-refractivity contribution in [3.05, 3.63) is 59.1 Å². The molecule has 0 aliphatic carbocycles. The fourth-order valence-electron chi connectivity index (χ4n) is 3.19. The number of rotatable bonds is 4. The van der Waals surface area contributed by atoms with Crippen LogP contribution in [-0.4, -0.2) is 32.4 Å². The summed E-state index contributed by atoms with van der Waals surface area (Å²) in [6.45, 7) is 1.06. The van der Waals surface area contributed by atoms with E-state index in [1.54, 1.807) is 12.1 Å². The van der Waals surface area contributed by atoms with Gasteiger partial charge in [-0.25, -0.2) is 8.42 Å². The van der Waals surface area contributed by atoms with Crippen LogP contribution in [0, 0.1) is 0 Å². The van der Waals surface area contributed by atoms with Gasteiger partial charge in [-0.3, -0.25) is 0 Å². The van der Waals surface area contributed by atoms with Crippen LogP contribution in [0.15, 0.2) is 53.4 Å². The Kier molecular flexibility index (Phi) is 5.23. The fraction of sp³-hybridized carbons (Fsp3) is 0.333. The Morgan fingerprint density at radius 2 is 1.62 bits per heavy atom. The van der Waals surface area contributed by atoms with Gasteiger partial charge in [-0.15, -0.1) is 0 Å². The lowest BCUT2D eigenvalue weighted by molar-refractivity contribution is 0.0119. The van der Waals surface area contributed by atoms with Gasteiger partial charge in [-0.2, -0.15) is 8.78 Å². The zero-order valence-electron chi connectivity index (χ0n) is 13.8. The molecule has 1 N–H and O–H groups in total. The van der Waals surface area contributed by atoms with Crippen LogP contribution in [0.1, 0.15) is 18.4 Å². The van der Waals surface area contributed by atoms with Gasteiger partial charge in [0.05, 0.1) is 10.5 Å². The molecular formula is C18H18ClF2NO3S. The molecule has 3 rings (SSSR count). The predicted octanol–water partition coefficient (Wildman–Crippen LogP) is 3.82. The molecule has 26 heavy (non-hydrogen) atoms. The van der Waals surface area contributed by atoms with Crippen molar-refractivity contribution >= 4 is 27.1 Å². The van der Waals surface area contributed by atoms with Crippen LogP contribution < -0.4 is 4.90 Å². The number of halogens is 3. The van der Waals surface area contributed by atoms with Crippen LogP contribution in [0.25, 0.3) is 0 Å². The highest BCUT2D eigenvalue weighted by molar-refractivity contribution is 7.91. The smallest absolute Gasteiger partial charge is 0.341 e. The average molecular weight is 402 g/mol. The summed E-state index contributed by atoms with van der Waals surface area (Å²) in [6.07, 6.45) is 0.904. The third-order valence-electron chi connectivity index (χ3n) is 4.73. The Labute approximate surface area is 155 Å².